The summed E-state index contributed by atoms with van der Waals surface area (Å²) < 4.78 is 12.2. The highest BCUT2D eigenvalue weighted by molar-refractivity contribution is 14.1. The Morgan fingerprint density at radius 2 is 1.91 bits per heavy atom. The van der Waals surface area contributed by atoms with Crippen LogP contribution in [0.3, 0.4) is 0 Å². The lowest BCUT2D eigenvalue weighted by Gasteiger charge is -2.07. The molecule has 0 aliphatic carbocycles. The molecule has 0 aromatic heterocycles. The second kappa shape index (κ2) is 9.49. The number of benzene rings is 3. The van der Waals surface area contributed by atoms with E-state index in [2.05, 4.69) is 27.6 Å². The summed E-state index contributed by atoms with van der Waals surface area (Å²) in [6.07, 6.45) is 1.58. The van der Waals surface area contributed by atoms with Gasteiger partial charge < -0.3 is 9.47 Å². The zero-order valence-electron chi connectivity index (χ0n) is 16.3. The van der Waals surface area contributed by atoms with Crippen LogP contribution in [0.15, 0.2) is 77.4 Å². The summed E-state index contributed by atoms with van der Waals surface area (Å²) in [5.74, 6) is -0.00114. The topological polar surface area (TPSA) is 91.0 Å². The third-order valence-electron chi connectivity index (χ3n) is 4.49. The molecular weight excluding hydrogens is 547 g/mol. The molecule has 3 aromatic rings. The lowest BCUT2D eigenvalue weighted by atomic mass is 10.2. The van der Waals surface area contributed by atoms with E-state index in [0.717, 1.165) is 9.13 Å². The van der Waals surface area contributed by atoms with Crippen molar-refractivity contribution in [3.8, 4) is 5.75 Å². The van der Waals surface area contributed by atoms with Gasteiger partial charge in [0, 0.05) is 15.7 Å². The summed E-state index contributed by atoms with van der Waals surface area (Å²) in [7, 11) is 0. The number of hydrogen-bond donors (Lipinski definition) is 0. The van der Waals surface area contributed by atoms with Gasteiger partial charge in [-0.25, -0.2) is 9.79 Å². The molecule has 160 valence electrons. The van der Waals surface area contributed by atoms with Crippen molar-refractivity contribution in [1.82, 2.24) is 0 Å². The molecule has 0 radical (unpaired) electrons. The molecule has 32 heavy (non-hydrogen) atoms. The van der Waals surface area contributed by atoms with Crippen LogP contribution in [0.4, 0.5) is 5.69 Å². The lowest BCUT2D eigenvalue weighted by Crippen LogP contribution is -2.06. The first kappa shape index (κ1) is 22.0. The van der Waals surface area contributed by atoms with Crippen LogP contribution in [0.5, 0.6) is 5.75 Å². The molecule has 0 bridgehead atoms. The Balaban J connectivity index is 1.52. The first-order valence-corrected chi connectivity index (χ1v) is 10.8. The number of nitrogens with zero attached hydrogens (tertiary/aromatic N) is 2. The number of halogens is 2. The molecule has 7 nitrogen and oxygen atoms in total. The summed E-state index contributed by atoms with van der Waals surface area (Å²) in [5, 5.41) is 10.9. The van der Waals surface area contributed by atoms with Crippen molar-refractivity contribution in [3.05, 3.63) is 108 Å². The Morgan fingerprint density at radius 3 is 2.62 bits per heavy atom. The van der Waals surface area contributed by atoms with Crippen molar-refractivity contribution in [2.45, 2.75) is 6.61 Å². The molecule has 3 aromatic carbocycles. The fourth-order valence-corrected chi connectivity index (χ4v) is 3.53. The van der Waals surface area contributed by atoms with Gasteiger partial charge in [-0.05, 0) is 70.1 Å². The molecule has 1 heterocycles. The van der Waals surface area contributed by atoms with Crippen LogP contribution in [-0.4, -0.2) is 16.8 Å². The van der Waals surface area contributed by atoms with Crippen LogP contribution in [0.1, 0.15) is 16.7 Å². The smallest absolute Gasteiger partial charge is 0.363 e. The van der Waals surface area contributed by atoms with Crippen LogP contribution in [-0.2, 0) is 16.1 Å². The largest absolute Gasteiger partial charge is 0.489 e. The third-order valence-corrected chi connectivity index (χ3v) is 5.53. The Bertz CT molecular complexity index is 1270. The van der Waals surface area contributed by atoms with E-state index in [4.69, 9.17) is 21.1 Å². The normalized spacial score (nSPS) is 14.2. The van der Waals surface area contributed by atoms with Gasteiger partial charge in [0.25, 0.3) is 5.69 Å². The Morgan fingerprint density at radius 1 is 1.12 bits per heavy atom. The third kappa shape index (κ3) is 5.14. The molecule has 0 saturated heterocycles. The van der Waals surface area contributed by atoms with Crippen LogP contribution in [0.2, 0.25) is 5.02 Å². The van der Waals surface area contributed by atoms with Gasteiger partial charge >= 0.3 is 5.97 Å². The molecule has 9 heteroatoms. The van der Waals surface area contributed by atoms with Crippen LogP contribution < -0.4 is 4.74 Å². The second-order valence-electron chi connectivity index (χ2n) is 6.74. The van der Waals surface area contributed by atoms with E-state index in [1.165, 1.54) is 18.2 Å². The maximum atomic E-state index is 12.3. The summed E-state index contributed by atoms with van der Waals surface area (Å²) in [6, 6.07) is 19.1. The second-order valence-corrected chi connectivity index (χ2v) is 8.40. The van der Waals surface area contributed by atoms with Crippen LogP contribution in [0, 0.1) is 13.7 Å². The minimum Gasteiger partial charge on any atom is -0.489 e. The maximum Gasteiger partial charge on any atom is 0.363 e. The number of cyclic esters (lactones) is 1. The molecular formula is C23H14ClIN2O5. The van der Waals surface area contributed by atoms with E-state index >= 15 is 0 Å². The molecule has 0 N–H and O–H groups in total. The average Bonchev–Trinajstić information content (AvgIpc) is 3.13. The number of ether oxygens (including phenoxy) is 2. The van der Waals surface area contributed by atoms with E-state index < -0.39 is 10.9 Å². The van der Waals surface area contributed by atoms with Crippen LogP contribution >= 0.6 is 34.2 Å². The fraction of sp³-hybridized carbons (Fsp3) is 0.0435. The molecule has 0 atom stereocenters. The number of hydrogen-bond acceptors (Lipinski definition) is 6. The van der Waals surface area contributed by atoms with E-state index in [0.29, 0.717) is 23.5 Å². The number of carbonyl (C=O) groups is 1. The van der Waals surface area contributed by atoms with Crippen molar-refractivity contribution in [2.24, 2.45) is 4.99 Å². The first-order valence-electron chi connectivity index (χ1n) is 9.33. The first-order chi connectivity index (χ1) is 15.4. The van der Waals surface area contributed by atoms with E-state index in [1.807, 2.05) is 42.5 Å². The van der Waals surface area contributed by atoms with E-state index in [1.54, 1.807) is 12.1 Å². The Hall–Kier alpha value is -3.24. The number of nitro benzene ring substituents is 1. The van der Waals surface area contributed by atoms with Crippen molar-refractivity contribution in [3.63, 3.8) is 0 Å². The van der Waals surface area contributed by atoms with Crippen molar-refractivity contribution < 1.29 is 19.2 Å². The molecule has 1 aliphatic rings. The van der Waals surface area contributed by atoms with Gasteiger partial charge in [0.1, 0.15) is 12.4 Å². The summed E-state index contributed by atoms with van der Waals surface area (Å²) in [6.45, 7) is 0.417. The monoisotopic (exact) mass is 560 g/mol. The molecule has 0 spiro atoms. The van der Waals surface area contributed by atoms with Crippen molar-refractivity contribution >= 4 is 57.8 Å². The van der Waals surface area contributed by atoms with Gasteiger partial charge in [-0.2, -0.15) is 0 Å². The standard InChI is InChI=1S/C23H14ClIN2O5/c24-20-12-17(27(29)30)8-9-19(20)22-26-21(23(28)32-22)11-15-2-1-3-18(10-15)31-13-14-4-6-16(25)7-5-14/h1-12H,13H2/b21-11+. The van der Waals surface area contributed by atoms with Gasteiger partial charge in [0.2, 0.25) is 5.90 Å². The number of carbonyl (C=O) groups excluding carboxylic acids is 1. The molecule has 0 saturated carbocycles. The minimum absolute atomic E-state index is 0.00716. The quantitative estimate of drug-likeness (QED) is 0.125. The average molecular weight is 561 g/mol. The molecule has 0 fully saturated rings. The van der Waals surface area contributed by atoms with Gasteiger partial charge in [0.05, 0.1) is 15.5 Å². The van der Waals surface area contributed by atoms with E-state index in [-0.39, 0.29) is 22.3 Å². The summed E-state index contributed by atoms with van der Waals surface area (Å²) >= 11 is 8.36. The molecule has 0 amide bonds. The predicted molar refractivity (Wildman–Crippen MR) is 129 cm³/mol. The number of nitro groups is 1. The van der Waals surface area contributed by atoms with Gasteiger partial charge in [-0.1, -0.05) is 35.9 Å². The lowest BCUT2D eigenvalue weighted by molar-refractivity contribution is -0.384. The highest BCUT2D eigenvalue weighted by atomic mass is 127. The number of aliphatic imine (C=N–C) groups is 1. The van der Waals surface area contributed by atoms with E-state index in [9.17, 15) is 14.9 Å². The zero-order chi connectivity index (χ0) is 22.7. The predicted octanol–water partition coefficient (Wildman–Crippen LogP) is 5.78. The number of non-ortho nitro benzene ring substituents is 1. The Labute approximate surface area is 201 Å². The molecule has 0 unspecified atom stereocenters. The van der Waals surface area contributed by atoms with Gasteiger partial charge in [-0.15, -0.1) is 0 Å². The Kier molecular flexibility index (Phi) is 6.52. The van der Waals surface area contributed by atoms with Gasteiger partial charge in [-0.3, -0.25) is 10.1 Å². The SMILES string of the molecule is O=C1OC(c2ccc([N+](=O)[O-])cc2Cl)=N/C1=C/c1cccc(OCc2ccc(I)cc2)c1. The molecule has 4 rings (SSSR count). The number of rotatable bonds is 6. The summed E-state index contributed by atoms with van der Waals surface area (Å²) in [4.78, 5) is 26.8. The maximum absolute atomic E-state index is 12.3. The van der Waals surface area contributed by atoms with Crippen LogP contribution in [0.25, 0.3) is 6.08 Å². The highest BCUT2D eigenvalue weighted by Crippen LogP contribution is 2.27. The van der Waals surface area contributed by atoms with Crippen molar-refractivity contribution in [2.75, 3.05) is 0 Å². The summed E-state index contributed by atoms with van der Waals surface area (Å²) in [5.41, 5.74) is 1.97. The zero-order valence-corrected chi connectivity index (χ0v) is 19.2. The number of esters is 1. The molecule has 1 aliphatic heterocycles. The van der Waals surface area contributed by atoms with Gasteiger partial charge in [0.15, 0.2) is 5.70 Å². The minimum atomic E-state index is -0.639. The van der Waals surface area contributed by atoms with Crippen molar-refractivity contribution in [1.29, 1.82) is 0 Å². The fourth-order valence-electron chi connectivity index (χ4n) is 2.91. The highest BCUT2D eigenvalue weighted by Gasteiger charge is 2.26.